The Morgan fingerprint density at radius 2 is 1.84 bits per heavy atom. The average molecular weight is 331 g/mol. The Morgan fingerprint density at radius 3 is 2.68 bits per heavy atom. The van der Waals surface area contributed by atoms with Gasteiger partial charge < -0.3 is 15.6 Å². The van der Waals surface area contributed by atoms with E-state index in [4.69, 9.17) is 6.42 Å². The molecule has 0 saturated carbocycles. The van der Waals surface area contributed by atoms with Gasteiger partial charge in [-0.25, -0.2) is 0 Å². The van der Waals surface area contributed by atoms with E-state index in [0.29, 0.717) is 11.3 Å². The summed E-state index contributed by atoms with van der Waals surface area (Å²) in [5.41, 5.74) is 2.73. The van der Waals surface area contributed by atoms with Crippen LogP contribution in [-0.2, 0) is 11.2 Å². The van der Waals surface area contributed by atoms with Gasteiger partial charge in [-0.2, -0.15) is 0 Å². The number of para-hydroxylation sites is 2. The summed E-state index contributed by atoms with van der Waals surface area (Å²) in [5, 5.41) is 6.42. The van der Waals surface area contributed by atoms with Crippen LogP contribution in [0.25, 0.3) is 10.9 Å². The van der Waals surface area contributed by atoms with Crippen molar-refractivity contribution in [2.24, 2.45) is 0 Å². The molecule has 5 heteroatoms. The highest BCUT2D eigenvalue weighted by atomic mass is 16.2. The van der Waals surface area contributed by atoms with Gasteiger partial charge in [0.05, 0.1) is 24.2 Å². The van der Waals surface area contributed by atoms with Gasteiger partial charge in [0.1, 0.15) is 0 Å². The second-order valence-electron chi connectivity index (χ2n) is 5.52. The van der Waals surface area contributed by atoms with Crippen molar-refractivity contribution in [3.05, 3.63) is 65.9 Å². The molecule has 0 spiro atoms. The first-order chi connectivity index (χ1) is 12.2. The number of rotatable bonds is 5. The molecule has 0 saturated heterocycles. The maximum atomic E-state index is 12.4. The van der Waals surface area contributed by atoms with Crippen molar-refractivity contribution in [2.45, 2.75) is 6.42 Å². The van der Waals surface area contributed by atoms with Gasteiger partial charge in [-0.05, 0) is 23.8 Å². The van der Waals surface area contributed by atoms with Gasteiger partial charge in [0.15, 0.2) is 0 Å². The van der Waals surface area contributed by atoms with Gasteiger partial charge in [0, 0.05) is 17.1 Å². The van der Waals surface area contributed by atoms with E-state index in [1.54, 1.807) is 24.3 Å². The van der Waals surface area contributed by atoms with Crippen LogP contribution in [0.2, 0.25) is 0 Å². The molecule has 0 atom stereocenters. The fourth-order valence-electron chi connectivity index (χ4n) is 2.66. The number of amides is 2. The van der Waals surface area contributed by atoms with Crippen LogP contribution < -0.4 is 10.6 Å². The van der Waals surface area contributed by atoms with Crippen LogP contribution in [0, 0.1) is 12.3 Å². The molecule has 25 heavy (non-hydrogen) atoms. The standard InChI is InChI=1S/C20H17N3O2/c1-2-11-21-20(25)16-8-4-6-10-18(16)23-19(24)12-14-13-22-17-9-5-3-7-15(14)17/h1,3-10,13,22H,11-12H2,(H,21,25)(H,23,24). The number of hydrogen-bond acceptors (Lipinski definition) is 2. The smallest absolute Gasteiger partial charge is 0.254 e. The first kappa shape index (κ1) is 16.3. The minimum absolute atomic E-state index is 0.135. The Labute approximate surface area is 145 Å². The van der Waals surface area contributed by atoms with Crippen LogP contribution >= 0.6 is 0 Å². The monoisotopic (exact) mass is 331 g/mol. The topological polar surface area (TPSA) is 74.0 Å². The number of H-pyrrole nitrogens is 1. The summed E-state index contributed by atoms with van der Waals surface area (Å²) in [4.78, 5) is 27.7. The summed E-state index contributed by atoms with van der Waals surface area (Å²) in [6.45, 7) is 0.135. The molecule has 0 aliphatic carbocycles. The highest BCUT2D eigenvalue weighted by Crippen LogP contribution is 2.20. The molecule has 0 radical (unpaired) electrons. The quantitative estimate of drug-likeness (QED) is 0.629. The molecule has 1 aromatic heterocycles. The molecule has 2 amide bonds. The largest absolute Gasteiger partial charge is 0.361 e. The molecular formula is C20H17N3O2. The van der Waals surface area contributed by atoms with E-state index in [1.165, 1.54) is 0 Å². The van der Waals surface area contributed by atoms with Crippen LogP contribution in [0.5, 0.6) is 0 Å². The average Bonchev–Trinajstić information content (AvgIpc) is 3.03. The number of aromatic amines is 1. The molecule has 0 fully saturated rings. The number of hydrogen-bond donors (Lipinski definition) is 3. The van der Waals surface area contributed by atoms with Crippen molar-refractivity contribution in [2.75, 3.05) is 11.9 Å². The molecule has 0 aliphatic rings. The van der Waals surface area contributed by atoms with E-state index in [-0.39, 0.29) is 24.8 Å². The molecule has 0 bridgehead atoms. The van der Waals surface area contributed by atoms with Crippen molar-refractivity contribution in [3.63, 3.8) is 0 Å². The van der Waals surface area contributed by atoms with E-state index < -0.39 is 0 Å². The fourth-order valence-corrected chi connectivity index (χ4v) is 2.66. The third-order valence-corrected chi connectivity index (χ3v) is 3.82. The van der Waals surface area contributed by atoms with Crippen LogP contribution in [0.3, 0.4) is 0 Å². The Morgan fingerprint density at radius 1 is 1.08 bits per heavy atom. The zero-order valence-electron chi connectivity index (χ0n) is 13.5. The first-order valence-corrected chi connectivity index (χ1v) is 7.84. The molecule has 5 nitrogen and oxygen atoms in total. The maximum absolute atomic E-state index is 12.4. The number of carbonyl (C=O) groups is 2. The Hall–Kier alpha value is -3.52. The molecular weight excluding hydrogens is 314 g/mol. The van der Waals surface area contributed by atoms with Crippen LogP contribution in [0.4, 0.5) is 5.69 Å². The fraction of sp³-hybridized carbons (Fsp3) is 0.100. The number of benzene rings is 2. The Balaban J connectivity index is 1.75. The minimum Gasteiger partial charge on any atom is -0.361 e. The highest BCUT2D eigenvalue weighted by molar-refractivity contribution is 6.04. The lowest BCUT2D eigenvalue weighted by atomic mass is 10.1. The van der Waals surface area contributed by atoms with Crippen molar-refractivity contribution >= 4 is 28.4 Å². The zero-order chi connectivity index (χ0) is 17.6. The van der Waals surface area contributed by atoms with E-state index in [2.05, 4.69) is 21.5 Å². The lowest BCUT2D eigenvalue weighted by molar-refractivity contribution is -0.115. The Kier molecular flexibility index (Phi) is 4.82. The molecule has 0 aliphatic heterocycles. The number of carbonyl (C=O) groups excluding carboxylic acids is 2. The van der Waals surface area contributed by atoms with Gasteiger partial charge in [-0.1, -0.05) is 36.3 Å². The number of nitrogens with one attached hydrogen (secondary N) is 3. The lowest BCUT2D eigenvalue weighted by Gasteiger charge is -2.10. The second kappa shape index (κ2) is 7.37. The van der Waals surface area contributed by atoms with Gasteiger partial charge in [0.2, 0.25) is 5.91 Å². The van der Waals surface area contributed by atoms with Crippen LogP contribution in [-0.4, -0.2) is 23.3 Å². The molecule has 1 heterocycles. The summed E-state index contributed by atoms with van der Waals surface area (Å²) in [5.74, 6) is 1.84. The lowest BCUT2D eigenvalue weighted by Crippen LogP contribution is -2.25. The Bertz CT molecular complexity index is 966. The van der Waals surface area contributed by atoms with Crippen molar-refractivity contribution in [1.29, 1.82) is 0 Å². The van der Waals surface area contributed by atoms with Gasteiger partial charge in [-0.3, -0.25) is 9.59 Å². The minimum atomic E-state index is -0.319. The normalized spacial score (nSPS) is 10.2. The van der Waals surface area contributed by atoms with Crippen LogP contribution in [0.1, 0.15) is 15.9 Å². The molecule has 3 aromatic rings. The van der Waals surface area contributed by atoms with E-state index >= 15 is 0 Å². The number of fused-ring (bicyclic) bond motifs is 1. The number of terminal acetylenes is 1. The van der Waals surface area contributed by atoms with Crippen LogP contribution in [0.15, 0.2) is 54.7 Å². The molecule has 124 valence electrons. The van der Waals surface area contributed by atoms with Gasteiger partial charge in [-0.15, -0.1) is 6.42 Å². The van der Waals surface area contributed by atoms with Crippen molar-refractivity contribution in [3.8, 4) is 12.3 Å². The van der Waals surface area contributed by atoms with E-state index in [1.807, 2.05) is 30.5 Å². The SMILES string of the molecule is C#CCNC(=O)c1ccccc1NC(=O)Cc1c[nH]c2ccccc12. The third kappa shape index (κ3) is 3.70. The number of anilines is 1. The molecule has 2 aromatic carbocycles. The van der Waals surface area contributed by atoms with Gasteiger partial charge >= 0.3 is 0 Å². The highest BCUT2D eigenvalue weighted by Gasteiger charge is 2.14. The zero-order valence-corrected chi connectivity index (χ0v) is 13.5. The summed E-state index contributed by atoms with van der Waals surface area (Å²) < 4.78 is 0. The first-order valence-electron chi connectivity index (χ1n) is 7.84. The predicted octanol–water partition coefficient (Wildman–Crippen LogP) is 2.71. The molecule has 3 N–H and O–H groups in total. The summed E-state index contributed by atoms with van der Waals surface area (Å²) >= 11 is 0. The summed E-state index contributed by atoms with van der Waals surface area (Å²) in [7, 11) is 0. The molecule has 0 unspecified atom stereocenters. The molecule has 3 rings (SSSR count). The predicted molar refractivity (Wildman–Crippen MR) is 98.2 cm³/mol. The van der Waals surface area contributed by atoms with Crippen molar-refractivity contribution < 1.29 is 9.59 Å². The van der Waals surface area contributed by atoms with E-state index in [9.17, 15) is 9.59 Å². The van der Waals surface area contributed by atoms with E-state index in [0.717, 1.165) is 16.5 Å². The third-order valence-electron chi connectivity index (χ3n) is 3.82. The number of aromatic nitrogens is 1. The van der Waals surface area contributed by atoms with Gasteiger partial charge in [0.25, 0.3) is 5.91 Å². The summed E-state index contributed by atoms with van der Waals surface area (Å²) in [6.07, 6.45) is 7.20. The second-order valence-corrected chi connectivity index (χ2v) is 5.52. The summed E-state index contributed by atoms with van der Waals surface area (Å²) in [6, 6.07) is 14.6. The maximum Gasteiger partial charge on any atom is 0.254 e. The van der Waals surface area contributed by atoms with Crippen molar-refractivity contribution in [1.82, 2.24) is 10.3 Å².